The topological polar surface area (TPSA) is 86.4 Å². The van der Waals surface area contributed by atoms with Gasteiger partial charge in [-0.2, -0.15) is 0 Å². The highest BCUT2D eigenvalue weighted by molar-refractivity contribution is 8.00. The Hall–Kier alpha value is -3.91. The minimum Gasteiger partial charge on any atom is -0.333 e. The van der Waals surface area contributed by atoms with E-state index in [0.717, 1.165) is 16.6 Å². The van der Waals surface area contributed by atoms with Gasteiger partial charge in [0, 0.05) is 6.54 Å². The van der Waals surface area contributed by atoms with Crippen molar-refractivity contribution in [2.24, 2.45) is 0 Å². The van der Waals surface area contributed by atoms with E-state index in [1.54, 1.807) is 29.2 Å². The van der Waals surface area contributed by atoms with Crippen molar-refractivity contribution >= 4 is 46.2 Å². The lowest BCUT2D eigenvalue weighted by atomic mass is 10.1. The van der Waals surface area contributed by atoms with Crippen LogP contribution in [0.25, 0.3) is 11.0 Å². The number of carbonyl (C=O) groups is 3. The van der Waals surface area contributed by atoms with Crippen LogP contribution in [0.5, 0.6) is 0 Å². The molecule has 0 radical (unpaired) electrons. The Morgan fingerprint density at radius 1 is 1.03 bits per heavy atom. The largest absolute Gasteiger partial charge is 0.333 e. The van der Waals surface area contributed by atoms with E-state index in [2.05, 4.69) is 9.97 Å². The highest BCUT2D eigenvalue weighted by Crippen LogP contribution is 2.31. The summed E-state index contributed by atoms with van der Waals surface area (Å²) in [5, 5.41) is 0.179. The van der Waals surface area contributed by atoms with Crippen molar-refractivity contribution in [3.05, 3.63) is 90.5 Å². The molecule has 2 unspecified atom stereocenters. The van der Waals surface area contributed by atoms with Crippen LogP contribution in [-0.2, 0) is 20.9 Å². The molecular weight excluding hydrogens is 472 g/mol. The Bertz CT molecular complexity index is 1360. The lowest BCUT2D eigenvalue weighted by Gasteiger charge is -2.30. The van der Waals surface area contributed by atoms with Crippen molar-refractivity contribution in [2.45, 2.75) is 42.8 Å². The second kappa shape index (κ2) is 10.4. The van der Waals surface area contributed by atoms with Crippen LogP contribution >= 0.6 is 11.8 Å². The highest BCUT2D eigenvalue weighted by atomic mass is 32.2. The molecule has 8 heteroatoms. The second-order valence-electron chi connectivity index (χ2n) is 8.65. The summed E-state index contributed by atoms with van der Waals surface area (Å²) in [5.41, 5.74) is 3.15. The number of para-hydroxylation sites is 3. The molecule has 2 heterocycles. The van der Waals surface area contributed by atoms with Gasteiger partial charge in [-0.1, -0.05) is 79.3 Å². The van der Waals surface area contributed by atoms with Gasteiger partial charge in [0.05, 0.1) is 28.4 Å². The number of aromatic nitrogens is 2. The molecule has 4 aromatic rings. The first-order valence-corrected chi connectivity index (χ1v) is 12.8. The minimum absolute atomic E-state index is 0.0436. The molecule has 3 amide bonds. The van der Waals surface area contributed by atoms with Crippen LogP contribution in [0.4, 0.5) is 5.69 Å². The maximum atomic E-state index is 14.0. The van der Waals surface area contributed by atoms with Gasteiger partial charge >= 0.3 is 0 Å². The van der Waals surface area contributed by atoms with E-state index in [1.807, 2.05) is 67.6 Å². The predicted octanol–water partition coefficient (Wildman–Crippen LogP) is 4.79. The number of imide groups is 1. The quantitative estimate of drug-likeness (QED) is 0.279. The van der Waals surface area contributed by atoms with Crippen molar-refractivity contribution in [3.8, 4) is 0 Å². The first kappa shape index (κ1) is 23.8. The van der Waals surface area contributed by atoms with Gasteiger partial charge in [0.15, 0.2) is 5.16 Å². The lowest BCUT2D eigenvalue weighted by Crippen LogP contribution is -2.48. The van der Waals surface area contributed by atoms with Gasteiger partial charge < -0.3 is 9.88 Å². The fraction of sp³-hybridized carbons (Fsp3) is 0.214. The number of anilines is 1. The Kier molecular flexibility index (Phi) is 6.86. The number of carbonyl (C=O) groups excluding carboxylic acids is 3. The number of H-pyrrole nitrogens is 1. The molecule has 2 atom stereocenters. The third-order valence-corrected chi connectivity index (χ3v) is 7.50. The van der Waals surface area contributed by atoms with Crippen LogP contribution in [0.15, 0.2) is 90.1 Å². The van der Waals surface area contributed by atoms with Gasteiger partial charge in [0.1, 0.15) is 6.04 Å². The summed E-state index contributed by atoms with van der Waals surface area (Å²) >= 11 is 1.35. The van der Waals surface area contributed by atoms with Gasteiger partial charge in [-0.25, -0.2) is 9.88 Å². The molecule has 182 valence electrons. The van der Waals surface area contributed by atoms with E-state index < -0.39 is 11.3 Å². The monoisotopic (exact) mass is 498 g/mol. The van der Waals surface area contributed by atoms with Gasteiger partial charge in [0.2, 0.25) is 11.8 Å². The van der Waals surface area contributed by atoms with Gasteiger partial charge in [-0.3, -0.25) is 14.4 Å². The smallest absolute Gasteiger partial charge is 0.257 e. The Labute approximate surface area is 213 Å². The average molecular weight is 499 g/mol. The number of aromatic amines is 1. The van der Waals surface area contributed by atoms with Crippen LogP contribution in [-0.4, -0.2) is 43.9 Å². The number of rotatable bonds is 8. The summed E-state index contributed by atoms with van der Waals surface area (Å²) in [7, 11) is 0. The number of imidazole rings is 1. The SMILES string of the molecule is CCC(Sc1nc2ccccc2[nH]1)C(=O)N(Cc1ccccc1)C1CC(=O)N(c2ccccc2)C1=O. The Morgan fingerprint density at radius 2 is 1.69 bits per heavy atom. The number of hydrogen-bond acceptors (Lipinski definition) is 5. The van der Waals surface area contributed by atoms with Crippen molar-refractivity contribution in [2.75, 3.05) is 4.90 Å². The summed E-state index contributed by atoms with van der Waals surface area (Å²) in [5.74, 6) is -0.869. The van der Waals surface area contributed by atoms with E-state index in [0.29, 0.717) is 17.3 Å². The van der Waals surface area contributed by atoms with Gasteiger partial charge in [-0.05, 0) is 36.2 Å². The van der Waals surface area contributed by atoms with E-state index in [4.69, 9.17) is 0 Å². The highest BCUT2D eigenvalue weighted by Gasteiger charge is 2.45. The third-order valence-electron chi connectivity index (χ3n) is 6.26. The van der Waals surface area contributed by atoms with Crippen molar-refractivity contribution in [1.82, 2.24) is 14.9 Å². The second-order valence-corrected chi connectivity index (χ2v) is 9.84. The number of nitrogens with zero attached hydrogens (tertiary/aromatic N) is 3. The maximum absolute atomic E-state index is 14.0. The zero-order chi connectivity index (χ0) is 25.1. The normalized spacial score (nSPS) is 16.5. The predicted molar refractivity (Wildman–Crippen MR) is 140 cm³/mol. The molecule has 0 spiro atoms. The molecule has 1 N–H and O–H groups in total. The Morgan fingerprint density at radius 3 is 2.39 bits per heavy atom. The molecule has 5 rings (SSSR count). The molecule has 1 aromatic heterocycles. The number of nitrogens with one attached hydrogen (secondary N) is 1. The van der Waals surface area contributed by atoms with Crippen LogP contribution < -0.4 is 4.90 Å². The standard InChI is InChI=1S/C28H26N4O3S/c1-2-24(36-28-29-21-15-9-10-16-22(21)30-28)27(35)31(18-19-11-5-3-6-12-19)23-17-25(33)32(26(23)34)20-13-7-4-8-14-20/h3-16,23-24H,2,17-18H2,1H3,(H,29,30). The van der Waals surface area contributed by atoms with E-state index in [9.17, 15) is 14.4 Å². The average Bonchev–Trinajstić information content (AvgIpc) is 3.45. The van der Waals surface area contributed by atoms with E-state index in [-0.39, 0.29) is 30.7 Å². The van der Waals surface area contributed by atoms with E-state index in [1.165, 1.54) is 16.7 Å². The third kappa shape index (κ3) is 4.77. The lowest BCUT2D eigenvalue weighted by molar-refractivity contribution is -0.138. The number of fused-ring (bicyclic) bond motifs is 1. The molecular formula is C28H26N4O3S. The maximum Gasteiger partial charge on any atom is 0.257 e. The number of benzene rings is 3. The number of amides is 3. The Balaban J connectivity index is 1.44. The first-order valence-electron chi connectivity index (χ1n) is 11.9. The van der Waals surface area contributed by atoms with Crippen LogP contribution in [0.3, 0.4) is 0 Å². The van der Waals surface area contributed by atoms with Gasteiger partial charge in [0.25, 0.3) is 5.91 Å². The molecule has 0 aliphatic carbocycles. The molecule has 1 aliphatic heterocycles. The first-order chi connectivity index (χ1) is 17.5. The minimum atomic E-state index is -0.865. The number of thioether (sulfide) groups is 1. The van der Waals surface area contributed by atoms with Crippen molar-refractivity contribution < 1.29 is 14.4 Å². The summed E-state index contributed by atoms with van der Waals surface area (Å²) < 4.78 is 0. The summed E-state index contributed by atoms with van der Waals surface area (Å²) in [6.45, 7) is 2.18. The molecule has 0 saturated carbocycles. The van der Waals surface area contributed by atoms with Crippen LogP contribution in [0, 0.1) is 0 Å². The molecule has 1 aliphatic rings. The summed E-state index contributed by atoms with van der Waals surface area (Å²) in [6, 6.07) is 25.3. The van der Waals surface area contributed by atoms with Crippen molar-refractivity contribution in [3.63, 3.8) is 0 Å². The molecule has 0 bridgehead atoms. The van der Waals surface area contributed by atoms with Crippen LogP contribution in [0.1, 0.15) is 25.3 Å². The molecule has 36 heavy (non-hydrogen) atoms. The zero-order valence-corrected chi connectivity index (χ0v) is 20.7. The summed E-state index contributed by atoms with van der Waals surface area (Å²) in [4.78, 5) is 51.1. The molecule has 1 fully saturated rings. The van der Waals surface area contributed by atoms with Gasteiger partial charge in [-0.15, -0.1) is 0 Å². The fourth-order valence-corrected chi connectivity index (χ4v) is 5.44. The fourth-order valence-electron chi connectivity index (χ4n) is 4.44. The summed E-state index contributed by atoms with van der Waals surface area (Å²) in [6.07, 6.45) is 0.501. The molecule has 3 aromatic carbocycles. The molecule has 7 nitrogen and oxygen atoms in total. The van der Waals surface area contributed by atoms with Crippen molar-refractivity contribution in [1.29, 1.82) is 0 Å². The zero-order valence-electron chi connectivity index (χ0n) is 19.8. The number of hydrogen-bond donors (Lipinski definition) is 1. The molecule has 1 saturated heterocycles. The van der Waals surface area contributed by atoms with E-state index >= 15 is 0 Å². The van der Waals surface area contributed by atoms with Crippen LogP contribution in [0.2, 0.25) is 0 Å².